The highest BCUT2D eigenvalue weighted by Gasteiger charge is 2.52. The monoisotopic (exact) mass is 421 g/mol. The predicted molar refractivity (Wildman–Crippen MR) is 108 cm³/mol. The fourth-order valence-corrected chi connectivity index (χ4v) is 3.03. The number of alkyl halides is 3. The van der Waals surface area contributed by atoms with Crippen LogP contribution in [0.15, 0.2) is 42.5 Å². The number of nitrogens with one attached hydrogen (secondary N) is 1. The van der Waals surface area contributed by atoms with Gasteiger partial charge >= 0.3 is 19.3 Å². The second-order valence-electron chi connectivity index (χ2n) is 8.24. The largest absolute Gasteiger partial charge is 0.496 e. The zero-order valence-electron chi connectivity index (χ0n) is 17.1. The minimum absolute atomic E-state index is 0.0831. The molecule has 0 saturated carbocycles. The average molecular weight is 421 g/mol. The first-order chi connectivity index (χ1) is 13.8. The predicted octanol–water partition coefficient (Wildman–Crippen LogP) is 4.31. The van der Waals surface area contributed by atoms with Crippen molar-refractivity contribution < 1.29 is 32.4 Å². The second-order valence-corrected chi connectivity index (χ2v) is 8.24. The van der Waals surface area contributed by atoms with Gasteiger partial charge in [0.25, 0.3) is 0 Å². The molecule has 2 aromatic carbocycles. The lowest BCUT2D eigenvalue weighted by molar-refractivity contribution is -0.137. The summed E-state index contributed by atoms with van der Waals surface area (Å²) in [5.41, 5.74) is -0.109. The van der Waals surface area contributed by atoms with Gasteiger partial charge in [-0.25, -0.2) is 4.79 Å². The highest BCUT2D eigenvalue weighted by atomic mass is 19.4. The third kappa shape index (κ3) is 4.47. The van der Waals surface area contributed by atoms with E-state index in [1.54, 1.807) is 6.07 Å². The van der Waals surface area contributed by atoms with E-state index in [1.165, 1.54) is 24.3 Å². The maximum atomic E-state index is 12.7. The molecule has 3 rings (SSSR count). The van der Waals surface area contributed by atoms with Gasteiger partial charge in [-0.05, 0) is 63.6 Å². The Labute approximate surface area is 173 Å². The van der Waals surface area contributed by atoms with Gasteiger partial charge in [0.1, 0.15) is 0 Å². The molecule has 0 aromatic heterocycles. The van der Waals surface area contributed by atoms with Crippen molar-refractivity contribution in [2.75, 3.05) is 5.32 Å². The van der Waals surface area contributed by atoms with Crippen LogP contribution in [0.5, 0.6) is 0 Å². The van der Waals surface area contributed by atoms with Gasteiger partial charge < -0.3 is 19.7 Å². The van der Waals surface area contributed by atoms with Crippen LogP contribution in [0.4, 0.5) is 18.9 Å². The van der Waals surface area contributed by atoms with Crippen molar-refractivity contribution in [3.8, 4) is 0 Å². The Balaban J connectivity index is 1.85. The van der Waals surface area contributed by atoms with Crippen molar-refractivity contribution in [2.24, 2.45) is 0 Å². The third-order valence-electron chi connectivity index (χ3n) is 5.57. The first-order valence-electron chi connectivity index (χ1n) is 9.43. The quantitative estimate of drug-likeness (QED) is 0.705. The maximum Gasteiger partial charge on any atom is 0.496 e. The fraction of sp³-hybridized carbons (Fsp3) is 0.381. The van der Waals surface area contributed by atoms with Crippen molar-refractivity contribution in [1.29, 1.82) is 0 Å². The molecule has 30 heavy (non-hydrogen) atoms. The van der Waals surface area contributed by atoms with E-state index >= 15 is 0 Å². The number of rotatable bonds is 5. The summed E-state index contributed by atoms with van der Waals surface area (Å²) in [5, 5.41) is 12.5. The molecular weight excluding hydrogens is 398 g/mol. The Morgan fingerprint density at radius 1 is 1.03 bits per heavy atom. The number of carboxylic acid groups (broad SMARTS) is 1. The molecule has 0 radical (unpaired) electrons. The van der Waals surface area contributed by atoms with Crippen LogP contribution in [0.2, 0.25) is 0 Å². The SMILES string of the molecule is CC1(C)OB(c2cc(C(=O)O)ccc2NCc2ccc(C(F)(F)F)cc2)OC1(C)C. The molecule has 0 atom stereocenters. The third-order valence-corrected chi connectivity index (χ3v) is 5.57. The van der Waals surface area contributed by atoms with Crippen LogP contribution < -0.4 is 10.8 Å². The molecule has 2 aromatic rings. The molecule has 1 aliphatic rings. The van der Waals surface area contributed by atoms with Gasteiger partial charge in [-0.2, -0.15) is 13.2 Å². The van der Waals surface area contributed by atoms with E-state index < -0.39 is 36.0 Å². The van der Waals surface area contributed by atoms with Gasteiger partial charge in [-0.15, -0.1) is 0 Å². The van der Waals surface area contributed by atoms with E-state index in [0.29, 0.717) is 16.7 Å². The minimum Gasteiger partial charge on any atom is -0.478 e. The smallest absolute Gasteiger partial charge is 0.478 e. The minimum atomic E-state index is -4.39. The molecule has 0 spiro atoms. The highest BCUT2D eigenvalue weighted by molar-refractivity contribution is 6.64. The number of aromatic carboxylic acids is 1. The molecule has 2 N–H and O–H groups in total. The van der Waals surface area contributed by atoms with Crippen LogP contribution in [-0.2, 0) is 22.0 Å². The molecular formula is C21H23BF3NO4. The van der Waals surface area contributed by atoms with Gasteiger partial charge in [0.15, 0.2) is 0 Å². The molecule has 1 heterocycles. The van der Waals surface area contributed by atoms with Gasteiger partial charge in [0.2, 0.25) is 0 Å². The van der Waals surface area contributed by atoms with Crippen LogP contribution in [0.1, 0.15) is 49.2 Å². The number of anilines is 1. The lowest BCUT2D eigenvalue weighted by atomic mass is 9.77. The summed E-state index contributed by atoms with van der Waals surface area (Å²) in [6.45, 7) is 7.82. The Morgan fingerprint density at radius 2 is 1.60 bits per heavy atom. The molecule has 0 unspecified atom stereocenters. The highest BCUT2D eigenvalue weighted by Crippen LogP contribution is 2.37. The summed E-state index contributed by atoms with van der Waals surface area (Å²) in [6.07, 6.45) is -4.39. The number of halogens is 3. The molecule has 1 aliphatic heterocycles. The van der Waals surface area contributed by atoms with E-state index in [9.17, 15) is 23.1 Å². The Morgan fingerprint density at radius 3 is 2.10 bits per heavy atom. The van der Waals surface area contributed by atoms with E-state index in [2.05, 4.69) is 5.32 Å². The number of carboxylic acids is 1. The zero-order chi connectivity index (χ0) is 22.3. The van der Waals surface area contributed by atoms with E-state index in [4.69, 9.17) is 9.31 Å². The summed E-state index contributed by atoms with van der Waals surface area (Å²) >= 11 is 0. The molecule has 0 amide bonds. The van der Waals surface area contributed by atoms with Gasteiger partial charge in [0, 0.05) is 17.7 Å². The van der Waals surface area contributed by atoms with Gasteiger partial charge in [-0.1, -0.05) is 12.1 Å². The maximum absolute atomic E-state index is 12.7. The van der Waals surface area contributed by atoms with Crippen molar-refractivity contribution >= 4 is 24.2 Å². The van der Waals surface area contributed by atoms with Crippen LogP contribution in [0.3, 0.4) is 0 Å². The van der Waals surface area contributed by atoms with Crippen LogP contribution in [0.25, 0.3) is 0 Å². The Bertz CT molecular complexity index is 926. The van der Waals surface area contributed by atoms with Crippen molar-refractivity contribution in [2.45, 2.75) is 51.6 Å². The second kappa shape index (κ2) is 7.63. The first-order valence-corrected chi connectivity index (χ1v) is 9.43. The normalized spacial score (nSPS) is 17.8. The number of carbonyl (C=O) groups is 1. The molecule has 9 heteroatoms. The molecule has 1 fully saturated rings. The molecule has 0 aliphatic carbocycles. The van der Waals surface area contributed by atoms with E-state index in [1.807, 2.05) is 27.7 Å². The van der Waals surface area contributed by atoms with E-state index in [0.717, 1.165) is 12.1 Å². The Kier molecular flexibility index (Phi) is 5.64. The number of hydrogen-bond donors (Lipinski definition) is 2. The van der Waals surface area contributed by atoms with Crippen LogP contribution >= 0.6 is 0 Å². The van der Waals surface area contributed by atoms with Crippen LogP contribution in [0, 0.1) is 0 Å². The zero-order valence-corrected chi connectivity index (χ0v) is 17.1. The summed E-state index contributed by atoms with van der Waals surface area (Å²) in [6, 6.07) is 9.39. The van der Waals surface area contributed by atoms with Crippen LogP contribution in [-0.4, -0.2) is 29.4 Å². The molecule has 1 saturated heterocycles. The average Bonchev–Trinajstić information content (AvgIpc) is 2.86. The fourth-order valence-electron chi connectivity index (χ4n) is 3.03. The lowest BCUT2D eigenvalue weighted by Gasteiger charge is -2.32. The summed E-state index contributed by atoms with van der Waals surface area (Å²) in [4.78, 5) is 11.4. The lowest BCUT2D eigenvalue weighted by Crippen LogP contribution is -2.41. The van der Waals surface area contributed by atoms with Crippen molar-refractivity contribution in [3.05, 3.63) is 59.2 Å². The van der Waals surface area contributed by atoms with Gasteiger partial charge in [0.05, 0.1) is 22.3 Å². The summed E-state index contributed by atoms with van der Waals surface area (Å²) in [7, 11) is -0.788. The number of hydrogen-bond acceptors (Lipinski definition) is 4. The van der Waals surface area contributed by atoms with Gasteiger partial charge in [-0.3, -0.25) is 0 Å². The van der Waals surface area contributed by atoms with E-state index in [-0.39, 0.29) is 12.1 Å². The topological polar surface area (TPSA) is 67.8 Å². The van der Waals surface area contributed by atoms with Crippen molar-refractivity contribution in [1.82, 2.24) is 0 Å². The van der Waals surface area contributed by atoms with Crippen molar-refractivity contribution in [3.63, 3.8) is 0 Å². The summed E-state index contributed by atoms with van der Waals surface area (Å²) in [5.74, 6) is -1.08. The Hall–Kier alpha value is -2.52. The first kappa shape index (κ1) is 22.2. The molecule has 160 valence electrons. The number of benzene rings is 2. The molecule has 0 bridgehead atoms. The standard InChI is InChI=1S/C21H23BF3NO4/c1-19(2)20(3,4)30-22(29-19)16-11-14(18(27)28)7-10-17(16)26-12-13-5-8-15(9-6-13)21(23,24)25/h5-11,26H,12H2,1-4H3,(H,27,28). The summed E-state index contributed by atoms with van der Waals surface area (Å²) < 4.78 is 50.3. The molecule has 5 nitrogen and oxygen atoms in total.